The molecule has 1 unspecified atom stereocenters. The third-order valence-electron chi connectivity index (χ3n) is 3.46. The van der Waals surface area contributed by atoms with E-state index in [1.165, 1.54) is 12.1 Å². The lowest BCUT2D eigenvalue weighted by Crippen LogP contribution is -2.35. The molecule has 2 aromatic rings. The number of nitrogens with one attached hydrogen (secondary N) is 1. The topological polar surface area (TPSA) is 60.0 Å². The van der Waals surface area contributed by atoms with Gasteiger partial charge in [0.1, 0.15) is 49.0 Å². The molecular formula is C20H26FNO4. The highest BCUT2D eigenvalue weighted by molar-refractivity contribution is 5.31. The third-order valence-corrected chi connectivity index (χ3v) is 3.46. The molecule has 0 fully saturated rings. The molecule has 2 N–H and O–H groups in total. The summed E-state index contributed by atoms with van der Waals surface area (Å²) in [4.78, 5) is 0. The van der Waals surface area contributed by atoms with Crippen LogP contribution < -0.4 is 19.5 Å². The van der Waals surface area contributed by atoms with Crippen molar-refractivity contribution in [3.05, 3.63) is 54.3 Å². The van der Waals surface area contributed by atoms with Crippen molar-refractivity contribution in [2.24, 2.45) is 0 Å². The second-order valence-electron chi connectivity index (χ2n) is 6.15. The zero-order valence-electron chi connectivity index (χ0n) is 15.2. The van der Waals surface area contributed by atoms with Crippen LogP contribution in [0.25, 0.3) is 0 Å². The second-order valence-corrected chi connectivity index (χ2v) is 6.15. The van der Waals surface area contributed by atoms with Gasteiger partial charge in [-0.3, -0.25) is 0 Å². The number of aliphatic hydroxyl groups excluding tert-OH is 1. The van der Waals surface area contributed by atoms with Gasteiger partial charge in [0.2, 0.25) is 0 Å². The van der Waals surface area contributed by atoms with Gasteiger partial charge < -0.3 is 24.6 Å². The summed E-state index contributed by atoms with van der Waals surface area (Å²) >= 11 is 0. The molecule has 0 spiro atoms. The van der Waals surface area contributed by atoms with Gasteiger partial charge in [0.15, 0.2) is 0 Å². The molecule has 2 aromatic carbocycles. The highest BCUT2D eigenvalue weighted by Gasteiger charge is 2.06. The van der Waals surface area contributed by atoms with E-state index in [1.807, 2.05) is 13.8 Å². The highest BCUT2D eigenvalue weighted by atomic mass is 19.1. The zero-order chi connectivity index (χ0) is 18.8. The van der Waals surface area contributed by atoms with Crippen molar-refractivity contribution >= 4 is 0 Å². The van der Waals surface area contributed by atoms with E-state index >= 15 is 0 Å². The molecule has 0 saturated carbocycles. The minimum absolute atomic E-state index is 0.228. The Kier molecular flexibility index (Phi) is 8.18. The summed E-state index contributed by atoms with van der Waals surface area (Å²) in [5, 5.41) is 13.0. The molecule has 0 aromatic heterocycles. The van der Waals surface area contributed by atoms with Crippen LogP contribution in [-0.4, -0.2) is 43.6 Å². The summed E-state index contributed by atoms with van der Waals surface area (Å²) in [5.74, 6) is 1.68. The molecule has 0 aliphatic rings. The number of ether oxygens (including phenoxy) is 3. The van der Waals surface area contributed by atoms with Crippen LogP contribution in [0.3, 0.4) is 0 Å². The Bertz CT molecular complexity index is 631. The van der Waals surface area contributed by atoms with E-state index in [0.717, 1.165) is 0 Å². The van der Waals surface area contributed by atoms with Crippen LogP contribution in [0.2, 0.25) is 0 Å². The number of halogens is 1. The number of hydrogen-bond donors (Lipinski definition) is 2. The van der Waals surface area contributed by atoms with Crippen molar-refractivity contribution in [3.63, 3.8) is 0 Å². The Morgan fingerprint density at radius 3 is 1.81 bits per heavy atom. The molecule has 0 aliphatic carbocycles. The molecule has 142 valence electrons. The SMILES string of the molecule is CC(C)NCC(O)COc1ccc(OCCOc2ccc(F)cc2)cc1. The number of rotatable bonds is 11. The number of aliphatic hydroxyl groups is 1. The Morgan fingerprint density at radius 1 is 0.846 bits per heavy atom. The van der Waals surface area contributed by atoms with Gasteiger partial charge in [-0.1, -0.05) is 13.8 Å². The lowest BCUT2D eigenvalue weighted by molar-refractivity contribution is 0.104. The quantitative estimate of drug-likeness (QED) is 0.601. The first-order valence-electron chi connectivity index (χ1n) is 8.68. The highest BCUT2D eigenvalue weighted by Crippen LogP contribution is 2.18. The molecule has 6 heteroatoms. The van der Waals surface area contributed by atoms with E-state index in [2.05, 4.69) is 5.32 Å². The molecule has 0 saturated heterocycles. The zero-order valence-corrected chi connectivity index (χ0v) is 15.2. The normalized spacial score (nSPS) is 12.0. The van der Waals surface area contributed by atoms with E-state index in [4.69, 9.17) is 14.2 Å². The van der Waals surface area contributed by atoms with Crippen LogP contribution in [0.5, 0.6) is 17.2 Å². The summed E-state index contributed by atoms with van der Waals surface area (Å²) in [7, 11) is 0. The Balaban J connectivity index is 1.64. The van der Waals surface area contributed by atoms with Gasteiger partial charge in [0.25, 0.3) is 0 Å². The van der Waals surface area contributed by atoms with Crippen molar-refractivity contribution in [3.8, 4) is 17.2 Å². The van der Waals surface area contributed by atoms with E-state index in [-0.39, 0.29) is 12.4 Å². The molecule has 0 radical (unpaired) electrons. The van der Waals surface area contributed by atoms with E-state index in [9.17, 15) is 9.50 Å². The molecule has 0 heterocycles. The molecule has 1 atom stereocenters. The van der Waals surface area contributed by atoms with Crippen molar-refractivity contribution in [2.75, 3.05) is 26.4 Å². The van der Waals surface area contributed by atoms with Crippen LogP contribution >= 0.6 is 0 Å². The van der Waals surface area contributed by atoms with Crippen molar-refractivity contribution < 1.29 is 23.7 Å². The minimum atomic E-state index is -0.558. The standard InChI is InChI=1S/C20H26FNO4/c1-15(2)22-13-17(23)14-26-20-9-7-19(8-10-20)25-12-11-24-18-5-3-16(21)4-6-18/h3-10,15,17,22-23H,11-14H2,1-2H3. The smallest absolute Gasteiger partial charge is 0.123 e. The van der Waals surface area contributed by atoms with E-state index in [1.54, 1.807) is 36.4 Å². The number of hydrogen-bond acceptors (Lipinski definition) is 5. The van der Waals surface area contributed by atoms with Crippen LogP contribution in [-0.2, 0) is 0 Å². The average molecular weight is 363 g/mol. The number of benzene rings is 2. The fourth-order valence-corrected chi connectivity index (χ4v) is 2.11. The summed E-state index contributed by atoms with van der Waals surface area (Å²) in [6.45, 7) is 5.50. The molecular weight excluding hydrogens is 337 g/mol. The third kappa shape index (κ3) is 7.72. The fraction of sp³-hybridized carbons (Fsp3) is 0.400. The lowest BCUT2D eigenvalue weighted by atomic mass is 10.3. The van der Waals surface area contributed by atoms with Crippen LogP contribution in [0, 0.1) is 5.82 Å². The Hall–Kier alpha value is -2.31. The van der Waals surface area contributed by atoms with E-state index in [0.29, 0.717) is 43.0 Å². The van der Waals surface area contributed by atoms with Gasteiger partial charge in [-0.25, -0.2) is 4.39 Å². The van der Waals surface area contributed by atoms with Crippen molar-refractivity contribution in [1.29, 1.82) is 0 Å². The van der Waals surface area contributed by atoms with Gasteiger partial charge >= 0.3 is 0 Å². The van der Waals surface area contributed by atoms with E-state index < -0.39 is 6.10 Å². The maximum absolute atomic E-state index is 12.8. The van der Waals surface area contributed by atoms with Crippen LogP contribution in [0.1, 0.15) is 13.8 Å². The maximum Gasteiger partial charge on any atom is 0.123 e. The summed E-state index contributed by atoms with van der Waals surface area (Å²) < 4.78 is 29.4. The first-order chi connectivity index (χ1) is 12.5. The molecule has 0 bridgehead atoms. The van der Waals surface area contributed by atoms with Gasteiger partial charge in [0, 0.05) is 12.6 Å². The predicted octanol–water partition coefficient (Wildman–Crippen LogP) is 3.02. The Labute approximate surface area is 153 Å². The molecule has 0 aliphatic heterocycles. The van der Waals surface area contributed by atoms with Gasteiger partial charge in [-0.2, -0.15) is 0 Å². The largest absolute Gasteiger partial charge is 0.491 e. The average Bonchev–Trinajstić information content (AvgIpc) is 2.64. The van der Waals surface area contributed by atoms with Gasteiger partial charge in [-0.05, 0) is 48.5 Å². The maximum atomic E-state index is 12.8. The first kappa shape index (κ1) is 20.0. The van der Waals surface area contributed by atoms with Crippen LogP contribution in [0.4, 0.5) is 4.39 Å². The Morgan fingerprint density at radius 2 is 1.31 bits per heavy atom. The minimum Gasteiger partial charge on any atom is -0.491 e. The first-order valence-corrected chi connectivity index (χ1v) is 8.68. The van der Waals surface area contributed by atoms with Crippen LogP contribution in [0.15, 0.2) is 48.5 Å². The predicted molar refractivity (Wildman–Crippen MR) is 98.5 cm³/mol. The molecule has 0 amide bonds. The molecule has 5 nitrogen and oxygen atoms in total. The van der Waals surface area contributed by atoms with Gasteiger partial charge in [-0.15, -0.1) is 0 Å². The fourth-order valence-electron chi connectivity index (χ4n) is 2.11. The summed E-state index contributed by atoms with van der Waals surface area (Å²) in [5.41, 5.74) is 0. The monoisotopic (exact) mass is 363 g/mol. The van der Waals surface area contributed by atoms with Gasteiger partial charge in [0.05, 0.1) is 0 Å². The lowest BCUT2D eigenvalue weighted by Gasteiger charge is -2.15. The molecule has 2 rings (SSSR count). The summed E-state index contributed by atoms with van der Waals surface area (Å²) in [6, 6.07) is 13.4. The molecule has 26 heavy (non-hydrogen) atoms. The van der Waals surface area contributed by atoms with Crippen molar-refractivity contribution in [1.82, 2.24) is 5.32 Å². The second kappa shape index (κ2) is 10.6. The van der Waals surface area contributed by atoms with Crippen molar-refractivity contribution in [2.45, 2.75) is 26.0 Å². The summed E-state index contributed by atoms with van der Waals surface area (Å²) in [6.07, 6.45) is -0.558.